The number of nitrogens with zero attached hydrogens (tertiary/aromatic N) is 3. The van der Waals surface area contributed by atoms with Crippen LogP contribution >= 0.6 is 11.3 Å². The molecule has 0 fully saturated rings. The summed E-state index contributed by atoms with van der Waals surface area (Å²) >= 11 is 1.51. The molecule has 166 valence electrons. The Kier molecular flexibility index (Phi) is 6.04. The number of benzene rings is 3. The molecule has 0 saturated carbocycles. The number of aromatic nitrogens is 1. The van der Waals surface area contributed by atoms with Gasteiger partial charge in [-0.15, -0.1) is 11.3 Å². The lowest BCUT2D eigenvalue weighted by Gasteiger charge is -2.18. The summed E-state index contributed by atoms with van der Waals surface area (Å²) in [6.07, 6.45) is 0. The molecule has 1 aliphatic rings. The minimum Gasteiger partial charge on any atom is -0.486 e. The first-order chi connectivity index (χ1) is 16.2. The van der Waals surface area contributed by atoms with Crippen molar-refractivity contribution in [2.45, 2.75) is 13.5 Å². The van der Waals surface area contributed by atoms with Crippen LogP contribution in [0, 0.1) is 5.82 Å². The van der Waals surface area contributed by atoms with Crippen LogP contribution in [-0.2, 0) is 6.54 Å². The summed E-state index contributed by atoms with van der Waals surface area (Å²) in [5.41, 5.74) is 4.57. The Balaban J connectivity index is 1.57. The molecule has 5 nitrogen and oxygen atoms in total. The maximum absolute atomic E-state index is 13.5. The molecule has 1 aromatic heterocycles. The first-order valence-corrected chi connectivity index (χ1v) is 11.5. The molecule has 0 unspecified atom stereocenters. The molecule has 2 heterocycles. The number of hydrogen-bond acceptors (Lipinski definition) is 5. The smallest absolute Gasteiger partial charge is 0.206 e. The van der Waals surface area contributed by atoms with Gasteiger partial charge >= 0.3 is 0 Å². The van der Waals surface area contributed by atoms with Crippen LogP contribution in [0.4, 0.5) is 4.39 Å². The van der Waals surface area contributed by atoms with Gasteiger partial charge in [-0.1, -0.05) is 30.3 Å². The van der Waals surface area contributed by atoms with Gasteiger partial charge in [-0.3, -0.25) is 4.99 Å². The predicted octanol–water partition coefficient (Wildman–Crippen LogP) is 5.50. The van der Waals surface area contributed by atoms with Crippen molar-refractivity contribution in [3.8, 4) is 22.8 Å². The van der Waals surface area contributed by atoms with E-state index in [1.54, 1.807) is 12.1 Å². The zero-order valence-electron chi connectivity index (χ0n) is 18.1. The van der Waals surface area contributed by atoms with Crippen molar-refractivity contribution in [2.75, 3.05) is 13.2 Å². The van der Waals surface area contributed by atoms with E-state index in [9.17, 15) is 4.39 Å². The fraction of sp³-hybridized carbons (Fsp3) is 0.154. The molecule has 0 radical (unpaired) electrons. The summed E-state index contributed by atoms with van der Waals surface area (Å²) in [5.74, 6) is 1.19. The molecule has 5 rings (SSSR count). The molecule has 0 spiro atoms. The molecular formula is C26H22FN3O2S. The third-order valence-corrected chi connectivity index (χ3v) is 6.13. The number of rotatable bonds is 5. The molecule has 0 saturated heterocycles. The third kappa shape index (κ3) is 4.73. The van der Waals surface area contributed by atoms with Crippen molar-refractivity contribution < 1.29 is 13.9 Å². The second kappa shape index (κ2) is 9.42. The molecule has 0 bridgehead atoms. The summed E-state index contributed by atoms with van der Waals surface area (Å²) in [5, 5.41) is 6.91. The highest BCUT2D eigenvalue weighted by molar-refractivity contribution is 7.07. The summed E-state index contributed by atoms with van der Waals surface area (Å²) in [6, 6.07) is 22.3. The minimum atomic E-state index is -0.273. The highest BCUT2D eigenvalue weighted by atomic mass is 32.1. The third-order valence-electron chi connectivity index (χ3n) is 5.27. The molecule has 4 aromatic rings. The molecule has 0 amide bonds. The van der Waals surface area contributed by atoms with Crippen LogP contribution in [0.25, 0.3) is 11.3 Å². The number of hydrogen-bond donors (Lipinski definition) is 0. The normalized spacial score (nSPS) is 13.9. The quantitative estimate of drug-likeness (QED) is 0.370. The fourth-order valence-electron chi connectivity index (χ4n) is 3.54. The fourth-order valence-corrected chi connectivity index (χ4v) is 4.37. The van der Waals surface area contributed by atoms with Crippen LogP contribution in [0.5, 0.6) is 11.5 Å². The van der Waals surface area contributed by atoms with E-state index in [2.05, 4.69) is 0 Å². The molecule has 1 aliphatic heterocycles. The molecule has 7 heteroatoms. The van der Waals surface area contributed by atoms with Crippen LogP contribution in [0.1, 0.15) is 18.1 Å². The lowest BCUT2D eigenvalue weighted by atomic mass is 10.1. The van der Waals surface area contributed by atoms with E-state index in [4.69, 9.17) is 19.6 Å². The highest BCUT2D eigenvalue weighted by Crippen LogP contribution is 2.31. The second-order valence-corrected chi connectivity index (χ2v) is 8.40. The van der Waals surface area contributed by atoms with Crippen molar-refractivity contribution in [3.05, 3.63) is 99.9 Å². The summed E-state index contributed by atoms with van der Waals surface area (Å²) in [4.78, 5) is 5.57. The Morgan fingerprint density at radius 3 is 2.52 bits per heavy atom. The molecule has 0 aliphatic carbocycles. The number of ether oxygens (including phenoxy) is 2. The van der Waals surface area contributed by atoms with E-state index < -0.39 is 0 Å². The topological polar surface area (TPSA) is 48.1 Å². The van der Waals surface area contributed by atoms with Crippen molar-refractivity contribution in [2.24, 2.45) is 10.1 Å². The average Bonchev–Trinajstić information content (AvgIpc) is 3.25. The van der Waals surface area contributed by atoms with Gasteiger partial charge in [-0.25, -0.2) is 9.07 Å². The Labute approximate surface area is 195 Å². The zero-order valence-corrected chi connectivity index (χ0v) is 18.9. The van der Waals surface area contributed by atoms with Crippen LogP contribution in [0.15, 0.2) is 88.3 Å². The lowest BCUT2D eigenvalue weighted by molar-refractivity contribution is 0.171. The first kappa shape index (κ1) is 21.2. The Bertz CT molecular complexity index is 1360. The maximum Gasteiger partial charge on any atom is 0.206 e. The van der Waals surface area contributed by atoms with Crippen LogP contribution < -0.4 is 14.3 Å². The van der Waals surface area contributed by atoms with Gasteiger partial charge in [-0.2, -0.15) is 5.10 Å². The van der Waals surface area contributed by atoms with E-state index in [0.29, 0.717) is 19.8 Å². The lowest BCUT2D eigenvalue weighted by Crippen LogP contribution is -2.16. The minimum absolute atomic E-state index is 0.273. The maximum atomic E-state index is 13.5. The van der Waals surface area contributed by atoms with Crippen molar-refractivity contribution in [3.63, 3.8) is 0 Å². The van der Waals surface area contributed by atoms with Crippen LogP contribution in [-0.4, -0.2) is 23.6 Å². The summed E-state index contributed by atoms with van der Waals surface area (Å²) in [7, 11) is 0. The van der Waals surface area contributed by atoms with E-state index >= 15 is 0 Å². The predicted molar refractivity (Wildman–Crippen MR) is 128 cm³/mol. The van der Waals surface area contributed by atoms with Crippen molar-refractivity contribution in [1.29, 1.82) is 0 Å². The SMILES string of the molecule is CC(=Nn1c(-c2ccc(F)cc2)csc1=NCc1ccccc1)c1ccc2c(c1)OCCO2. The van der Waals surface area contributed by atoms with Gasteiger partial charge in [0, 0.05) is 16.5 Å². The Morgan fingerprint density at radius 1 is 0.970 bits per heavy atom. The Hall–Kier alpha value is -3.71. The number of halogens is 1. The van der Waals surface area contributed by atoms with Gasteiger partial charge < -0.3 is 9.47 Å². The average molecular weight is 460 g/mol. The zero-order chi connectivity index (χ0) is 22.6. The molecule has 3 aromatic carbocycles. The van der Waals surface area contributed by atoms with E-state index in [1.165, 1.54) is 23.5 Å². The molecule has 0 atom stereocenters. The molecule has 0 N–H and O–H groups in total. The first-order valence-electron chi connectivity index (χ1n) is 10.6. The number of thiazole rings is 1. The van der Waals surface area contributed by atoms with Crippen molar-refractivity contribution >= 4 is 17.0 Å². The largest absolute Gasteiger partial charge is 0.486 e. The van der Waals surface area contributed by atoms with Gasteiger partial charge in [0.15, 0.2) is 11.5 Å². The van der Waals surface area contributed by atoms with E-state index in [1.807, 2.05) is 65.5 Å². The number of fused-ring (bicyclic) bond motifs is 1. The van der Waals surface area contributed by atoms with E-state index in [-0.39, 0.29) is 5.82 Å². The van der Waals surface area contributed by atoms with E-state index in [0.717, 1.165) is 44.4 Å². The molecule has 33 heavy (non-hydrogen) atoms. The van der Waals surface area contributed by atoms with Gasteiger partial charge in [0.25, 0.3) is 0 Å². The van der Waals surface area contributed by atoms with Crippen molar-refractivity contribution in [1.82, 2.24) is 4.68 Å². The summed E-state index contributed by atoms with van der Waals surface area (Å²) < 4.78 is 26.7. The second-order valence-electron chi connectivity index (χ2n) is 7.57. The van der Waals surface area contributed by atoms with Crippen LogP contribution in [0.3, 0.4) is 0 Å². The Morgan fingerprint density at radius 2 is 1.73 bits per heavy atom. The monoisotopic (exact) mass is 459 g/mol. The molecular weight excluding hydrogens is 437 g/mol. The van der Waals surface area contributed by atoms with Gasteiger partial charge in [0.05, 0.1) is 18.0 Å². The van der Waals surface area contributed by atoms with Gasteiger partial charge in [0.1, 0.15) is 19.0 Å². The highest BCUT2D eigenvalue weighted by Gasteiger charge is 2.14. The standard InChI is InChI=1S/C26H22FN3O2S/c1-18(21-9-12-24-25(15-21)32-14-13-31-24)29-30-23(20-7-10-22(27)11-8-20)17-33-26(30)28-16-19-5-3-2-4-6-19/h2-12,15,17H,13-14,16H2,1H3. The van der Waals surface area contributed by atoms with Gasteiger partial charge in [-0.05, 0) is 55.0 Å². The van der Waals surface area contributed by atoms with Gasteiger partial charge in [0.2, 0.25) is 4.80 Å². The summed E-state index contributed by atoms with van der Waals surface area (Å²) in [6.45, 7) is 3.58. The van der Waals surface area contributed by atoms with Crippen LogP contribution in [0.2, 0.25) is 0 Å².